The first-order valence-corrected chi connectivity index (χ1v) is 12.6. The molecule has 2 fully saturated rings. The Morgan fingerprint density at radius 3 is 2.50 bits per heavy atom. The van der Waals surface area contributed by atoms with E-state index in [2.05, 4.69) is 27.9 Å². The van der Waals surface area contributed by atoms with Gasteiger partial charge in [-0.2, -0.15) is 13.2 Å². The third-order valence-electron chi connectivity index (χ3n) is 6.82. The molecule has 11 heteroatoms. The van der Waals surface area contributed by atoms with E-state index in [0.29, 0.717) is 17.4 Å². The molecule has 0 radical (unpaired) electrons. The molecule has 0 bridgehead atoms. The first-order valence-electron chi connectivity index (χ1n) is 12.6. The summed E-state index contributed by atoms with van der Waals surface area (Å²) in [5.74, 6) is -2.90. The quantitative estimate of drug-likeness (QED) is 0.268. The number of aromatic nitrogens is 1. The lowest BCUT2D eigenvalue weighted by Gasteiger charge is -2.32. The summed E-state index contributed by atoms with van der Waals surface area (Å²) in [6.45, 7) is 7.45. The van der Waals surface area contributed by atoms with Crippen molar-refractivity contribution in [3.05, 3.63) is 12.3 Å². The molecule has 2 saturated carbocycles. The first-order chi connectivity index (χ1) is 16.7. The highest BCUT2D eigenvalue weighted by atomic mass is 19.4. The minimum absolute atomic E-state index is 0.120. The van der Waals surface area contributed by atoms with Crippen LogP contribution in [0.15, 0.2) is 12.3 Å². The van der Waals surface area contributed by atoms with Crippen molar-refractivity contribution in [1.29, 1.82) is 0 Å². The summed E-state index contributed by atoms with van der Waals surface area (Å²) in [5, 5.41) is 19.0. The van der Waals surface area contributed by atoms with Gasteiger partial charge in [-0.3, -0.25) is 4.79 Å². The fourth-order valence-electron chi connectivity index (χ4n) is 4.93. The summed E-state index contributed by atoms with van der Waals surface area (Å²) >= 11 is 0. The number of aliphatic hydroxyl groups is 1. The van der Waals surface area contributed by atoms with Gasteiger partial charge in [0.05, 0.1) is 29.1 Å². The van der Waals surface area contributed by atoms with Gasteiger partial charge in [0, 0.05) is 12.0 Å². The van der Waals surface area contributed by atoms with Crippen molar-refractivity contribution in [1.82, 2.24) is 4.98 Å². The van der Waals surface area contributed by atoms with Crippen LogP contribution in [-0.2, 0) is 9.53 Å². The fourth-order valence-corrected chi connectivity index (χ4v) is 4.93. The Hall–Kier alpha value is -2.14. The van der Waals surface area contributed by atoms with E-state index in [4.69, 9.17) is 4.74 Å². The SMILES string of the molecule is CC1CCCCC1Nc1ncc(NC(O)OC(C)(C)C)cc1NC(=O)C1CC(F)CC(C(F)(F)F)C1. The van der Waals surface area contributed by atoms with Crippen molar-refractivity contribution in [2.45, 2.75) is 103 Å². The third-order valence-corrected chi connectivity index (χ3v) is 6.82. The normalized spacial score (nSPS) is 28.3. The fraction of sp³-hybridized carbons (Fsp3) is 0.760. The van der Waals surface area contributed by atoms with E-state index in [9.17, 15) is 27.5 Å². The van der Waals surface area contributed by atoms with Gasteiger partial charge in [-0.25, -0.2) is 9.37 Å². The van der Waals surface area contributed by atoms with Gasteiger partial charge in [0.2, 0.25) is 12.3 Å². The van der Waals surface area contributed by atoms with Crippen LogP contribution < -0.4 is 16.0 Å². The molecule has 36 heavy (non-hydrogen) atoms. The molecule has 1 heterocycles. The van der Waals surface area contributed by atoms with E-state index < -0.39 is 54.9 Å². The highest BCUT2D eigenvalue weighted by Crippen LogP contribution is 2.41. The molecule has 6 atom stereocenters. The van der Waals surface area contributed by atoms with Crippen LogP contribution in [0.4, 0.5) is 34.8 Å². The molecule has 0 spiro atoms. The molecule has 4 N–H and O–H groups in total. The van der Waals surface area contributed by atoms with Gasteiger partial charge >= 0.3 is 6.18 Å². The zero-order valence-corrected chi connectivity index (χ0v) is 21.3. The lowest BCUT2D eigenvalue weighted by molar-refractivity contribution is -0.191. The Labute approximate surface area is 209 Å². The van der Waals surface area contributed by atoms with E-state index in [1.54, 1.807) is 20.8 Å². The van der Waals surface area contributed by atoms with E-state index in [0.717, 1.165) is 25.7 Å². The summed E-state index contributed by atoms with van der Waals surface area (Å²) < 4.78 is 59.4. The standard InChI is InChI=1S/C25H38F4N4O3/c1-14-7-5-6-8-19(14)32-21-20(12-18(13-30-21)31-23(35)36-24(2,3)4)33-22(34)15-9-16(25(27,28)29)11-17(26)10-15/h12-17,19,23,31,35H,5-11H2,1-4H3,(H,30,32)(H,33,34). The number of anilines is 3. The second kappa shape index (κ2) is 11.5. The molecule has 3 rings (SSSR count). The molecule has 2 aliphatic rings. The second-order valence-electron chi connectivity index (χ2n) is 11.1. The number of hydrogen-bond acceptors (Lipinski definition) is 6. The Balaban J connectivity index is 1.81. The Morgan fingerprint density at radius 1 is 1.17 bits per heavy atom. The number of carbonyl (C=O) groups is 1. The predicted molar refractivity (Wildman–Crippen MR) is 130 cm³/mol. The monoisotopic (exact) mass is 518 g/mol. The Morgan fingerprint density at radius 2 is 1.86 bits per heavy atom. The van der Waals surface area contributed by atoms with E-state index in [-0.39, 0.29) is 18.2 Å². The van der Waals surface area contributed by atoms with E-state index >= 15 is 0 Å². The number of hydrogen-bond donors (Lipinski definition) is 4. The molecule has 0 saturated heterocycles. The summed E-state index contributed by atoms with van der Waals surface area (Å²) in [6.07, 6.45) is -3.31. The molecule has 6 unspecified atom stereocenters. The molecule has 1 aromatic heterocycles. The van der Waals surface area contributed by atoms with Crippen molar-refractivity contribution in [3.63, 3.8) is 0 Å². The minimum atomic E-state index is -4.55. The van der Waals surface area contributed by atoms with Crippen LogP contribution in [0.3, 0.4) is 0 Å². The summed E-state index contributed by atoms with van der Waals surface area (Å²) in [5.41, 5.74) is -0.0474. The summed E-state index contributed by atoms with van der Waals surface area (Å²) in [7, 11) is 0. The number of aliphatic hydroxyl groups excluding tert-OH is 1. The third kappa shape index (κ3) is 8.19. The highest BCUT2D eigenvalue weighted by Gasteiger charge is 2.46. The molecule has 2 aliphatic carbocycles. The van der Waals surface area contributed by atoms with Crippen LogP contribution in [0.25, 0.3) is 0 Å². The molecule has 0 aliphatic heterocycles. The molecule has 204 valence electrons. The van der Waals surface area contributed by atoms with Crippen LogP contribution in [0.2, 0.25) is 0 Å². The van der Waals surface area contributed by atoms with Gasteiger partial charge < -0.3 is 25.8 Å². The second-order valence-corrected chi connectivity index (χ2v) is 11.1. The number of ether oxygens (including phenoxy) is 1. The lowest BCUT2D eigenvalue weighted by Crippen LogP contribution is -2.38. The van der Waals surface area contributed by atoms with Gasteiger partial charge in [0.25, 0.3) is 0 Å². The summed E-state index contributed by atoms with van der Waals surface area (Å²) in [4.78, 5) is 17.4. The number of pyridine rings is 1. The lowest BCUT2D eigenvalue weighted by atomic mass is 9.79. The predicted octanol–water partition coefficient (Wildman–Crippen LogP) is 5.83. The van der Waals surface area contributed by atoms with Gasteiger partial charge in [0.15, 0.2) is 0 Å². The number of rotatable bonds is 7. The van der Waals surface area contributed by atoms with Crippen molar-refractivity contribution >= 4 is 23.1 Å². The molecular weight excluding hydrogens is 480 g/mol. The minimum Gasteiger partial charge on any atom is -0.365 e. The number of halogens is 4. The maximum atomic E-state index is 14.1. The van der Waals surface area contributed by atoms with E-state index in [1.807, 2.05) is 0 Å². The molecule has 1 amide bonds. The van der Waals surface area contributed by atoms with Crippen molar-refractivity contribution in [2.75, 3.05) is 16.0 Å². The van der Waals surface area contributed by atoms with Gasteiger partial charge in [-0.05, 0) is 64.9 Å². The van der Waals surface area contributed by atoms with Crippen LogP contribution >= 0.6 is 0 Å². The Bertz CT molecular complexity index is 893. The maximum Gasteiger partial charge on any atom is 0.391 e. The smallest absolute Gasteiger partial charge is 0.365 e. The van der Waals surface area contributed by atoms with Crippen molar-refractivity contribution in [2.24, 2.45) is 17.8 Å². The van der Waals surface area contributed by atoms with Crippen LogP contribution in [0.1, 0.15) is 72.6 Å². The van der Waals surface area contributed by atoms with Gasteiger partial charge in [-0.1, -0.05) is 19.8 Å². The zero-order chi connectivity index (χ0) is 26.7. The average molecular weight is 519 g/mol. The highest BCUT2D eigenvalue weighted by molar-refractivity contribution is 5.95. The summed E-state index contributed by atoms with van der Waals surface area (Å²) in [6, 6.07) is 1.66. The van der Waals surface area contributed by atoms with Gasteiger partial charge in [0.1, 0.15) is 12.0 Å². The van der Waals surface area contributed by atoms with Crippen LogP contribution in [0, 0.1) is 17.8 Å². The number of alkyl halides is 4. The first kappa shape index (κ1) is 28.4. The average Bonchev–Trinajstić information content (AvgIpc) is 2.74. The van der Waals surface area contributed by atoms with Crippen LogP contribution in [-0.4, -0.2) is 46.4 Å². The van der Waals surface area contributed by atoms with Crippen molar-refractivity contribution < 1.29 is 32.2 Å². The molecular formula is C25H38F4N4O3. The molecule has 1 aromatic rings. The molecule has 7 nitrogen and oxygen atoms in total. The number of nitrogens with zero attached hydrogens (tertiary/aromatic N) is 1. The zero-order valence-electron chi connectivity index (χ0n) is 21.3. The number of nitrogens with one attached hydrogen (secondary N) is 3. The largest absolute Gasteiger partial charge is 0.391 e. The Kier molecular flexibility index (Phi) is 9.08. The van der Waals surface area contributed by atoms with Crippen molar-refractivity contribution in [3.8, 4) is 0 Å². The maximum absolute atomic E-state index is 14.1. The van der Waals surface area contributed by atoms with E-state index in [1.165, 1.54) is 12.3 Å². The van der Waals surface area contributed by atoms with Crippen LogP contribution in [0.5, 0.6) is 0 Å². The topological polar surface area (TPSA) is 95.5 Å². The number of amides is 1. The van der Waals surface area contributed by atoms with Gasteiger partial charge in [-0.15, -0.1) is 0 Å². The number of carbonyl (C=O) groups excluding carboxylic acids is 1. The molecule has 0 aromatic carbocycles.